The Balaban J connectivity index is 1.62. The number of carbonyl (C=O) groups is 1. The molecule has 3 rings (SSSR count). The fourth-order valence-corrected chi connectivity index (χ4v) is 2.67. The molecule has 0 bridgehead atoms. The maximum atomic E-state index is 12.4. The second-order valence-corrected chi connectivity index (χ2v) is 5.40. The smallest absolute Gasteiger partial charge is 0.244 e. The molecular formula is C16H17N5O. The largest absolute Gasteiger partial charge is 0.308 e. The Kier molecular flexibility index (Phi) is 3.90. The number of aromatic nitrogens is 2. The Morgan fingerprint density at radius 2 is 2.36 bits per heavy atom. The molecule has 2 heterocycles. The number of anilines is 1. The van der Waals surface area contributed by atoms with Crippen LogP contribution in [0.4, 0.5) is 5.69 Å². The highest BCUT2D eigenvalue weighted by molar-refractivity contribution is 5.99. The van der Waals surface area contributed by atoms with Crippen molar-refractivity contribution in [1.82, 2.24) is 15.1 Å². The summed E-state index contributed by atoms with van der Waals surface area (Å²) in [6.07, 6.45) is 4.32. The van der Waals surface area contributed by atoms with Gasteiger partial charge in [-0.05, 0) is 24.1 Å². The molecule has 0 saturated carbocycles. The van der Waals surface area contributed by atoms with E-state index in [1.807, 2.05) is 31.4 Å². The Labute approximate surface area is 129 Å². The van der Waals surface area contributed by atoms with E-state index in [4.69, 9.17) is 5.26 Å². The Bertz CT molecular complexity index is 730. The first kappa shape index (κ1) is 14.3. The number of hydrogen-bond acceptors (Lipinski definition) is 4. The van der Waals surface area contributed by atoms with Crippen molar-refractivity contribution >= 4 is 11.6 Å². The van der Waals surface area contributed by atoms with Gasteiger partial charge in [-0.25, -0.2) is 0 Å². The van der Waals surface area contributed by atoms with Crippen LogP contribution in [0.5, 0.6) is 0 Å². The van der Waals surface area contributed by atoms with Crippen molar-refractivity contribution in [2.24, 2.45) is 7.05 Å². The molecule has 1 aromatic carbocycles. The van der Waals surface area contributed by atoms with Crippen molar-refractivity contribution in [3.05, 3.63) is 47.8 Å². The van der Waals surface area contributed by atoms with Gasteiger partial charge in [-0.15, -0.1) is 0 Å². The van der Waals surface area contributed by atoms with Crippen LogP contribution in [0, 0.1) is 11.3 Å². The van der Waals surface area contributed by atoms with Gasteiger partial charge < -0.3 is 10.2 Å². The highest BCUT2D eigenvalue weighted by Crippen LogP contribution is 2.20. The first-order chi connectivity index (χ1) is 10.7. The number of amides is 1. The summed E-state index contributed by atoms with van der Waals surface area (Å²) in [6.45, 7) is 1.27. The molecule has 0 unspecified atom stereocenters. The summed E-state index contributed by atoms with van der Waals surface area (Å²) in [5, 5.41) is 16.3. The van der Waals surface area contributed by atoms with Crippen molar-refractivity contribution in [3.8, 4) is 6.07 Å². The van der Waals surface area contributed by atoms with E-state index >= 15 is 0 Å². The topological polar surface area (TPSA) is 73.9 Å². The summed E-state index contributed by atoms with van der Waals surface area (Å²) >= 11 is 0. The van der Waals surface area contributed by atoms with Crippen LogP contribution in [-0.4, -0.2) is 28.3 Å². The fourth-order valence-electron chi connectivity index (χ4n) is 2.67. The zero-order valence-electron chi connectivity index (χ0n) is 12.4. The van der Waals surface area contributed by atoms with E-state index < -0.39 is 0 Å². The molecule has 1 aliphatic rings. The van der Waals surface area contributed by atoms with Gasteiger partial charge in [0, 0.05) is 26.3 Å². The molecule has 0 spiro atoms. The normalized spacial score (nSPS) is 17.7. The molecule has 1 aliphatic heterocycles. The minimum absolute atomic E-state index is 0.0736. The first-order valence-electron chi connectivity index (χ1n) is 7.20. The molecule has 6 heteroatoms. The number of aryl methyl sites for hydroxylation is 1. The second kappa shape index (κ2) is 6.00. The maximum Gasteiger partial charge on any atom is 0.244 e. The first-order valence-corrected chi connectivity index (χ1v) is 7.20. The number of benzene rings is 1. The van der Waals surface area contributed by atoms with Crippen molar-refractivity contribution in [1.29, 1.82) is 5.26 Å². The van der Waals surface area contributed by atoms with Gasteiger partial charge in [-0.3, -0.25) is 9.48 Å². The summed E-state index contributed by atoms with van der Waals surface area (Å²) in [5.41, 5.74) is 2.48. The maximum absolute atomic E-state index is 12.4. The average Bonchev–Trinajstić information content (AvgIpc) is 3.11. The Morgan fingerprint density at radius 1 is 1.50 bits per heavy atom. The van der Waals surface area contributed by atoms with E-state index in [1.165, 1.54) is 0 Å². The summed E-state index contributed by atoms with van der Waals surface area (Å²) < 4.78 is 1.69. The molecule has 112 valence electrons. The zero-order chi connectivity index (χ0) is 15.5. The molecule has 0 aliphatic carbocycles. The van der Waals surface area contributed by atoms with Crippen LogP contribution in [0.25, 0.3) is 0 Å². The molecule has 0 radical (unpaired) electrons. The number of nitriles is 1. The van der Waals surface area contributed by atoms with Gasteiger partial charge in [0.05, 0.1) is 29.6 Å². The minimum Gasteiger partial charge on any atom is -0.308 e. The number of hydrogen-bond donors (Lipinski definition) is 1. The molecule has 2 aromatic rings. The lowest BCUT2D eigenvalue weighted by atomic mass is 10.1. The summed E-state index contributed by atoms with van der Waals surface area (Å²) in [5.74, 6) is 0.0736. The Hall–Kier alpha value is -2.65. The van der Waals surface area contributed by atoms with Gasteiger partial charge in [-0.2, -0.15) is 10.4 Å². The van der Waals surface area contributed by atoms with Crippen LogP contribution in [-0.2, 0) is 18.4 Å². The molecule has 6 nitrogen and oxygen atoms in total. The number of nitrogens with zero attached hydrogens (tertiary/aromatic N) is 4. The highest BCUT2D eigenvalue weighted by Gasteiger charge is 2.32. The van der Waals surface area contributed by atoms with Gasteiger partial charge in [0.2, 0.25) is 5.91 Å². The van der Waals surface area contributed by atoms with Crippen LogP contribution in [0.3, 0.4) is 0 Å². The predicted octanol–water partition coefficient (Wildman–Crippen LogP) is 1.19. The molecule has 1 amide bonds. The second-order valence-electron chi connectivity index (χ2n) is 5.40. The van der Waals surface area contributed by atoms with Gasteiger partial charge in [0.15, 0.2) is 0 Å². The summed E-state index contributed by atoms with van der Waals surface area (Å²) in [4.78, 5) is 14.2. The van der Waals surface area contributed by atoms with Crippen LogP contribution < -0.4 is 10.2 Å². The Morgan fingerprint density at radius 3 is 3.09 bits per heavy atom. The lowest BCUT2D eigenvalue weighted by Crippen LogP contribution is -2.37. The van der Waals surface area contributed by atoms with Crippen molar-refractivity contribution in [2.75, 3.05) is 11.4 Å². The summed E-state index contributed by atoms with van der Waals surface area (Å²) in [6, 6.07) is 9.35. The van der Waals surface area contributed by atoms with E-state index in [9.17, 15) is 4.79 Å². The molecule has 1 fully saturated rings. The third-order valence-corrected chi connectivity index (χ3v) is 3.82. The fraction of sp³-hybridized carbons (Fsp3) is 0.312. The van der Waals surface area contributed by atoms with Gasteiger partial charge in [-0.1, -0.05) is 12.1 Å². The molecule has 1 atom stereocenters. The van der Waals surface area contributed by atoms with E-state index in [0.717, 1.165) is 17.7 Å². The number of rotatable bonds is 4. The van der Waals surface area contributed by atoms with Gasteiger partial charge in [0.1, 0.15) is 0 Å². The third-order valence-electron chi connectivity index (χ3n) is 3.82. The molecular weight excluding hydrogens is 278 g/mol. The zero-order valence-corrected chi connectivity index (χ0v) is 12.4. The van der Waals surface area contributed by atoms with Gasteiger partial charge in [0.25, 0.3) is 0 Å². The lowest BCUT2D eigenvalue weighted by Gasteiger charge is -2.15. The van der Waals surface area contributed by atoms with E-state index in [-0.39, 0.29) is 11.9 Å². The van der Waals surface area contributed by atoms with Crippen molar-refractivity contribution in [2.45, 2.75) is 19.0 Å². The molecule has 22 heavy (non-hydrogen) atoms. The van der Waals surface area contributed by atoms with E-state index in [2.05, 4.69) is 16.5 Å². The van der Waals surface area contributed by atoms with E-state index in [1.54, 1.807) is 21.8 Å². The average molecular weight is 295 g/mol. The quantitative estimate of drug-likeness (QED) is 0.919. The molecule has 1 aromatic heterocycles. The SMILES string of the molecule is Cn1cc(N2CC[C@H](NCc3cccc(C#N)c3)C2=O)cn1. The standard InChI is InChI=1S/C16H17N5O/c1-20-11-14(10-19-20)21-6-5-15(16(21)22)18-9-13-4-2-3-12(7-13)8-17/h2-4,7,10-11,15,18H,5-6,9H2,1H3/t15-/m0/s1. The minimum atomic E-state index is -0.189. The van der Waals surface area contributed by atoms with Gasteiger partial charge >= 0.3 is 0 Å². The highest BCUT2D eigenvalue weighted by atomic mass is 16.2. The number of nitrogens with one attached hydrogen (secondary N) is 1. The van der Waals surface area contributed by atoms with Crippen molar-refractivity contribution in [3.63, 3.8) is 0 Å². The predicted molar refractivity (Wildman–Crippen MR) is 82.0 cm³/mol. The van der Waals surface area contributed by atoms with E-state index in [0.29, 0.717) is 18.7 Å². The molecule has 1 saturated heterocycles. The van der Waals surface area contributed by atoms with Crippen LogP contribution in [0.15, 0.2) is 36.7 Å². The monoisotopic (exact) mass is 295 g/mol. The summed E-state index contributed by atoms with van der Waals surface area (Å²) in [7, 11) is 1.84. The van der Waals surface area contributed by atoms with Crippen LogP contribution in [0.1, 0.15) is 17.5 Å². The number of carbonyl (C=O) groups excluding carboxylic acids is 1. The lowest BCUT2D eigenvalue weighted by molar-refractivity contribution is -0.118. The third kappa shape index (κ3) is 2.85. The molecule has 1 N–H and O–H groups in total. The van der Waals surface area contributed by atoms with Crippen LogP contribution >= 0.6 is 0 Å². The van der Waals surface area contributed by atoms with Crippen molar-refractivity contribution < 1.29 is 4.79 Å². The van der Waals surface area contributed by atoms with Crippen LogP contribution in [0.2, 0.25) is 0 Å².